The number of rotatable bonds is 2. The van der Waals surface area contributed by atoms with Crippen LogP contribution < -0.4 is 15.0 Å². The second kappa shape index (κ2) is 5.86. The summed E-state index contributed by atoms with van der Waals surface area (Å²) in [6.45, 7) is 1.03. The molecular formula is C18H12N8O3. The summed E-state index contributed by atoms with van der Waals surface area (Å²) >= 11 is 0. The summed E-state index contributed by atoms with van der Waals surface area (Å²) in [6, 6.07) is 7.29. The zero-order valence-corrected chi connectivity index (χ0v) is 14.8. The van der Waals surface area contributed by atoms with Crippen LogP contribution in [0.5, 0.6) is 11.5 Å². The molecule has 1 aliphatic rings. The smallest absolute Gasteiger partial charge is 0.268 e. The van der Waals surface area contributed by atoms with E-state index in [0.29, 0.717) is 53.2 Å². The van der Waals surface area contributed by atoms with Crippen molar-refractivity contribution in [3.8, 4) is 28.8 Å². The lowest BCUT2D eigenvalue weighted by Gasteiger charge is -2.18. The molecule has 0 radical (unpaired) electrons. The molecule has 11 heteroatoms. The van der Waals surface area contributed by atoms with E-state index < -0.39 is 0 Å². The number of nitrogens with one attached hydrogen (secondary N) is 1. The Morgan fingerprint density at radius 2 is 1.97 bits per heavy atom. The highest BCUT2D eigenvalue weighted by molar-refractivity contribution is 5.79. The number of fused-ring (bicyclic) bond motifs is 4. The summed E-state index contributed by atoms with van der Waals surface area (Å²) in [5, 5.41) is 11.4. The van der Waals surface area contributed by atoms with Gasteiger partial charge in [0.05, 0.1) is 10.9 Å². The summed E-state index contributed by atoms with van der Waals surface area (Å²) in [7, 11) is 0. The number of benzene rings is 1. The number of nitrogens with zero attached hydrogens (tertiary/aromatic N) is 7. The molecule has 5 aromatic rings. The van der Waals surface area contributed by atoms with Crippen molar-refractivity contribution >= 4 is 16.7 Å². The zero-order valence-electron chi connectivity index (χ0n) is 14.8. The summed E-state index contributed by atoms with van der Waals surface area (Å²) in [5.74, 6) is 2.54. The Morgan fingerprint density at radius 1 is 1.07 bits per heavy atom. The quantitative estimate of drug-likeness (QED) is 0.474. The third-order valence-electron chi connectivity index (χ3n) is 4.66. The number of hydrogen-bond acceptors (Lipinski definition) is 8. The van der Waals surface area contributed by atoms with Crippen LogP contribution in [0.25, 0.3) is 34.0 Å². The molecule has 1 N–H and O–H groups in total. The van der Waals surface area contributed by atoms with Crippen LogP contribution in [0, 0.1) is 0 Å². The number of aromatic amines is 1. The van der Waals surface area contributed by atoms with Gasteiger partial charge < -0.3 is 9.47 Å². The Hall–Kier alpha value is -4.28. The van der Waals surface area contributed by atoms with Crippen LogP contribution in [0.4, 0.5) is 0 Å². The predicted octanol–water partition coefficient (Wildman–Crippen LogP) is 0.985. The van der Waals surface area contributed by atoms with Gasteiger partial charge in [-0.3, -0.25) is 9.36 Å². The fraction of sp³-hybridized carbons (Fsp3) is 0.111. The van der Waals surface area contributed by atoms with Gasteiger partial charge in [0.2, 0.25) is 5.95 Å². The Kier molecular flexibility index (Phi) is 3.18. The molecule has 1 aromatic carbocycles. The SMILES string of the molecule is O=c1c2cnc3nc(-c4ccc5c(c4)OCCO5)nn3c2ccn1-c1ncn[nH]1. The van der Waals surface area contributed by atoms with E-state index in [1.807, 2.05) is 18.2 Å². The van der Waals surface area contributed by atoms with Crippen molar-refractivity contribution in [2.75, 3.05) is 13.2 Å². The van der Waals surface area contributed by atoms with Crippen molar-refractivity contribution in [3.63, 3.8) is 0 Å². The van der Waals surface area contributed by atoms with Gasteiger partial charge in [0.25, 0.3) is 11.3 Å². The van der Waals surface area contributed by atoms with E-state index in [4.69, 9.17) is 9.47 Å². The maximum Gasteiger partial charge on any atom is 0.268 e. The second-order valence-corrected chi connectivity index (χ2v) is 6.36. The number of hydrogen-bond donors (Lipinski definition) is 1. The van der Waals surface area contributed by atoms with Crippen LogP contribution >= 0.6 is 0 Å². The maximum absolute atomic E-state index is 12.9. The molecule has 6 rings (SSSR count). The van der Waals surface area contributed by atoms with Gasteiger partial charge in [-0.2, -0.15) is 19.6 Å². The normalized spacial score (nSPS) is 13.2. The van der Waals surface area contributed by atoms with Crippen LogP contribution in [0.15, 0.2) is 47.8 Å². The van der Waals surface area contributed by atoms with Gasteiger partial charge >= 0.3 is 0 Å². The van der Waals surface area contributed by atoms with E-state index >= 15 is 0 Å². The molecule has 0 saturated heterocycles. The minimum Gasteiger partial charge on any atom is -0.486 e. The molecule has 0 saturated carbocycles. The highest BCUT2D eigenvalue weighted by Gasteiger charge is 2.17. The van der Waals surface area contributed by atoms with Crippen molar-refractivity contribution in [2.45, 2.75) is 0 Å². The van der Waals surface area contributed by atoms with Crippen molar-refractivity contribution in [1.29, 1.82) is 0 Å². The van der Waals surface area contributed by atoms with Gasteiger partial charge in [-0.1, -0.05) is 0 Å². The van der Waals surface area contributed by atoms with Crippen LogP contribution in [-0.4, -0.2) is 52.5 Å². The van der Waals surface area contributed by atoms with Crippen molar-refractivity contribution in [3.05, 3.63) is 53.3 Å². The Labute approximate surface area is 161 Å². The molecule has 11 nitrogen and oxygen atoms in total. The maximum atomic E-state index is 12.9. The molecule has 0 spiro atoms. The van der Waals surface area contributed by atoms with Crippen molar-refractivity contribution in [1.82, 2.24) is 39.3 Å². The largest absolute Gasteiger partial charge is 0.486 e. The average Bonchev–Trinajstić information content (AvgIpc) is 3.44. The average molecular weight is 388 g/mol. The lowest BCUT2D eigenvalue weighted by atomic mass is 10.2. The number of pyridine rings is 1. The fourth-order valence-electron chi connectivity index (χ4n) is 3.31. The molecule has 0 aliphatic carbocycles. The van der Waals surface area contributed by atoms with E-state index in [1.165, 1.54) is 17.1 Å². The van der Waals surface area contributed by atoms with Crippen LogP contribution in [-0.2, 0) is 0 Å². The van der Waals surface area contributed by atoms with Crippen LogP contribution in [0.2, 0.25) is 0 Å². The molecule has 0 fully saturated rings. The summed E-state index contributed by atoms with van der Waals surface area (Å²) < 4.78 is 14.1. The summed E-state index contributed by atoms with van der Waals surface area (Å²) in [4.78, 5) is 25.7. The number of H-pyrrole nitrogens is 1. The third kappa shape index (κ3) is 2.37. The Morgan fingerprint density at radius 3 is 2.83 bits per heavy atom. The highest BCUT2D eigenvalue weighted by atomic mass is 16.6. The fourth-order valence-corrected chi connectivity index (χ4v) is 3.31. The van der Waals surface area contributed by atoms with Gasteiger partial charge in [0, 0.05) is 18.0 Å². The van der Waals surface area contributed by atoms with E-state index in [1.54, 1.807) is 16.8 Å². The topological polar surface area (TPSA) is 125 Å². The molecule has 4 aromatic heterocycles. The molecule has 1 aliphatic heterocycles. The van der Waals surface area contributed by atoms with E-state index in [-0.39, 0.29) is 5.56 Å². The number of ether oxygens (including phenoxy) is 2. The lowest BCUT2D eigenvalue weighted by molar-refractivity contribution is 0.171. The second-order valence-electron chi connectivity index (χ2n) is 6.36. The van der Waals surface area contributed by atoms with Gasteiger partial charge in [0.1, 0.15) is 19.5 Å². The first-order valence-corrected chi connectivity index (χ1v) is 8.81. The molecule has 29 heavy (non-hydrogen) atoms. The van der Waals surface area contributed by atoms with Gasteiger partial charge in [0.15, 0.2) is 17.3 Å². The van der Waals surface area contributed by atoms with E-state index in [9.17, 15) is 4.79 Å². The predicted molar refractivity (Wildman–Crippen MR) is 100 cm³/mol. The summed E-state index contributed by atoms with van der Waals surface area (Å²) in [5.41, 5.74) is 1.07. The Bertz CT molecular complexity index is 1440. The zero-order chi connectivity index (χ0) is 19.4. The number of aromatic nitrogens is 8. The minimum absolute atomic E-state index is 0.287. The first-order valence-electron chi connectivity index (χ1n) is 8.81. The molecule has 0 amide bonds. The van der Waals surface area contributed by atoms with Gasteiger partial charge in [-0.15, -0.1) is 5.10 Å². The molecule has 5 heterocycles. The van der Waals surface area contributed by atoms with Gasteiger partial charge in [-0.05, 0) is 24.3 Å². The molecule has 0 unspecified atom stereocenters. The van der Waals surface area contributed by atoms with Crippen LogP contribution in [0.1, 0.15) is 0 Å². The molecule has 0 atom stereocenters. The minimum atomic E-state index is -0.287. The van der Waals surface area contributed by atoms with Crippen LogP contribution in [0.3, 0.4) is 0 Å². The standard InChI is InChI=1S/C18H12N8O3/c27-16-11-8-19-17-22-15(10-1-2-13-14(7-10)29-6-5-28-13)24-26(17)12(11)3-4-25(16)18-20-9-21-23-18/h1-4,7-9H,5-6H2,(H,20,21,23). The van der Waals surface area contributed by atoms with E-state index in [0.717, 1.165) is 5.56 Å². The van der Waals surface area contributed by atoms with Crippen molar-refractivity contribution in [2.24, 2.45) is 0 Å². The van der Waals surface area contributed by atoms with E-state index in [2.05, 4.69) is 30.2 Å². The summed E-state index contributed by atoms with van der Waals surface area (Å²) in [6.07, 6.45) is 4.43. The third-order valence-corrected chi connectivity index (χ3v) is 4.66. The Balaban J connectivity index is 1.52. The molecular weight excluding hydrogens is 376 g/mol. The molecule has 142 valence electrons. The van der Waals surface area contributed by atoms with Gasteiger partial charge in [-0.25, -0.2) is 10.1 Å². The molecule has 0 bridgehead atoms. The first-order chi connectivity index (χ1) is 14.3. The highest BCUT2D eigenvalue weighted by Crippen LogP contribution is 2.33. The monoisotopic (exact) mass is 388 g/mol. The lowest BCUT2D eigenvalue weighted by Crippen LogP contribution is -2.19. The first kappa shape index (κ1) is 15.7. The van der Waals surface area contributed by atoms with Crippen molar-refractivity contribution < 1.29 is 9.47 Å².